The predicted molar refractivity (Wildman–Crippen MR) is 539 cm³/mol. The number of alkyl halides is 9. The lowest BCUT2D eigenvalue weighted by Crippen LogP contribution is -2.40. The van der Waals surface area contributed by atoms with Crippen LogP contribution in [-0.4, -0.2) is 154 Å². The molecule has 18 nitrogen and oxygen atoms in total. The molecule has 0 radical (unpaired) electrons. The molecule has 9 aromatic carbocycles. The maximum Gasteiger partial charge on any atom is 0.416 e. The number of fused-ring (bicyclic) bond motifs is 3. The van der Waals surface area contributed by atoms with Crippen LogP contribution < -0.4 is 16.7 Å². The summed E-state index contributed by atoms with van der Waals surface area (Å²) in [6.07, 6.45) is -19.6. The number of benzene rings is 9. The Labute approximate surface area is 905 Å². The number of aromatic nitrogens is 6. The second-order valence-corrected chi connectivity index (χ2v) is 33.7. The van der Waals surface area contributed by atoms with Crippen molar-refractivity contribution in [2.24, 2.45) is 5.89 Å². The maximum absolute atomic E-state index is 15.0. The molecule has 0 bridgehead atoms. The molecule has 3 aliphatic carbocycles. The number of carbonyl (C=O) groups excluding carboxylic acids is 3. The average molecular weight is 2080 g/mol. The minimum absolute atomic E-state index is 0.0293. The molecule has 15 rings (SSSR count). The van der Waals surface area contributed by atoms with Crippen molar-refractivity contribution in [3.8, 4) is 33.4 Å². The third kappa shape index (κ3) is 29.5. The van der Waals surface area contributed by atoms with Crippen LogP contribution in [0.15, 0.2) is 242 Å². The summed E-state index contributed by atoms with van der Waals surface area (Å²) < 4.78 is 580. The number of carbonyl (C=O) groups is 3. The molecule has 12 aromatic rings. The highest BCUT2D eigenvalue weighted by molar-refractivity contribution is 7.98. The quantitative estimate of drug-likeness (QED) is 0.0202. The lowest BCUT2D eigenvalue weighted by Gasteiger charge is -2.28. The fraction of sp³-hybridized carbons (Fsp3) is 0.373. The molecule has 3 aliphatic rings. The van der Waals surface area contributed by atoms with E-state index < -0.39 is 393 Å². The molecular weight excluding hydrogens is 1910 g/mol. The maximum atomic E-state index is 15.0. The van der Waals surface area contributed by atoms with Gasteiger partial charge in [0.2, 0.25) is 17.7 Å². The Hall–Kier alpha value is -11.9. The van der Waals surface area contributed by atoms with E-state index >= 15 is 4.79 Å². The number of hydrogen-bond acceptors (Lipinski definition) is 15. The monoisotopic (exact) mass is 2080 g/mol. The number of hydrogen-bond donors (Lipinski definition) is 0. The van der Waals surface area contributed by atoms with Crippen LogP contribution in [0.25, 0.3) is 33.4 Å². The minimum atomic E-state index is -5.43. The van der Waals surface area contributed by atoms with Gasteiger partial charge in [-0.15, -0.1) is 0 Å². The summed E-state index contributed by atoms with van der Waals surface area (Å²) in [5.41, 5.74) is -12.9. The fourth-order valence-corrected chi connectivity index (χ4v) is 16.9. The van der Waals surface area contributed by atoms with E-state index in [0.29, 0.717) is 81.6 Å². The van der Waals surface area contributed by atoms with Crippen LogP contribution in [0.5, 0.6) is 0 Å². The molecule has 1 atom stereocenters. The van der Waals surface area contributed by atoms with Gasteiger partial charge in [-0.2, -0.15) is 54.5 Å². The third-order valence-corrected chi connectivity index (χ3v) is 24.4. The first kappa shape index (κ1) is 60.8. The van der Waals surface area contributed by atoms with Crippen LogP contribution >= 0.6 is 35.3 Å². The van der Waals surface area contributed by atoms with E-state index in [1.54, 1.807) is 0 Å². The highest BCUT2D eigenvalue weighted by atomic mass is 32.2. The zero-order valence-electron chi connectivity index (χ0n) is 125. The van der Waals surface area contributed by atoms with Crippen molar-refractivity contribution in [1.29, 1.82) is 0 Å². The topological polar surface area (TPSA) is 175 Å². The number of amides is 3. The third-order valence-electron chi connectivity index (χ3n) is 21.3. The van der Waals surface area contributed by atoms with Crippen LogP contribution in [0.4, 0.5) is 52.7 Å². The van der Waals surface area contributed by atoms with Gasteiger partial charge in [-0.05, 0) is 242 Å². The van der Waals surface area contributed by atoms with Crippen molar-refractivity contribution in [2.75, 3.05) is 78.0 Å². The Morgan fingerprint density at radius 1 is 0.385 bits per heavy atom. The van der Waals surface area contributed by atoms with Gasteiger partial charge in [0.15, 0.2) is 15.5 Å². The summed E-state index contributed by atoms with van der Waals surface area (Å²) in [6, 6.07) is -2.31. The number of thioether (sulfide) groups is 3. The minimum Gasteiger partial charge on any atom is -0.336 e. The first-order valence-electron chi connectivity index (χ1n) is 67.0. The Balaban J connectivity index is 0.000000232. The van der Waals surface area contributed by atoms with E-state index in [1.165, 1.54) is 81.9 Å². The van der Waals surface area contributed by atoms with E-state index in [1.807, 2.05) is 0 Å². The summed E-state index contributed by atoms with van der Waals surface area (Å²) in [7, 11) is 0. The second kappa shape index (κ2) is 50.1. The molecule has 3 amide bonds. The molecule has 3 heterocycles. The second-order valence-electron chi connectivity index (χ2n) is 30.9. The molecule has 143 heavy (non-hydrogen) atoms. The van der Waals surface area contributed by atoms with Crippen molar-refractivity contribution in [3.05, 3.63) is 350 Å². The van der Waals surface area contributed by atoms with Crippen LogP contribution in [0.2, 0.25) is 0 Å². The molecule has 1 unspecified atom stereocenters. The molecule has 33 heteroatoms. The Morgan fingerprint density at radius 2 is 0.727 bits per heavy atom. The van der Waals surface area contributed by atoms with Gasteiger partial charge in [-0.3, -0.25) is 28.8 Å². The van der Waals surface area contributed by atoms with Crippen LogP contribution in [0.3, 0.4) is 0 Å². The highest BCUT2D eigenvalue weighted by Crippen LogP contribution is 2.39. The van der Waals surface area contributed by atoms with E-state index in [0.717, 1.165) is 89.3 Å². The van der Waals surface area contributed by atoms with Gasteiger partial charge < -0.3 is 43.1 Å². The lowest BCUT2D eigenvalue weighted by molar-refractivity contribution is -0.138. The van der Waals surface area contributed by atoms with Crippen molar-refractivity contribution in [3.63, 3.8) is 0 Å². The standard InChI is InChI=1S/2C37H40F4N4O2S.C36H38F4N4O2S/c1-4-43(5-2)18-19-44(22-26-6-10-28(11-7-26)29-12-14-30(15-13-29)37(39,40)41)34(46)23-45-33-21-25(3)20-32(33)35(47)42-36(45)48-24-27-8-16-31(38)17-9-27;1-4-43(5-2)19-20-44(22-26-9-13-28(14-10-26)29-15-18-32(25(3)21-29)37(39,40)41)34(46)23-45-33-8-6-7-31(33)35(47)42-36(45)48-24-27-11-16-30(38)17-12-27;1-3-42(4-2)20-21-43(22-25-8-12-27(13-9-25)28-14-16-29(17-15-28)36(38,39)40)33(45)23-44-32-7-5-6-31(32)34(46)41-35(44)47-24-26-10-18-30(37)19-11-26/h6-17,25H,4-5,18-24H2,1-3H3;9-18,21H,4-8,19-20,22-24H2,1-3H3;8-19H,3-7,20-24H2,1-2H3/i4D2,5D2,6D,7D,10D,11D,12D,13D,14D,15D,18D2,19D2,20D2,21D2,25D;4D2,5D2,9D,10D,13D,14D,15D,18D,19D2,20D2,21D;3D2,4D2,10D,11D,18D,19D,20D2,21D2. The van der Waals surface area contributed by atoms with E-state index in [4.69, 9.17) is 60.3 Å². The van der Waals surface area contributed by atoms with Gasteiger partial charge in [0, 0.05) is 141 Å². The first-order chi connectivity index (χ1) is 86.9. The number of nitrogens with zero attached hydrogens (tertiary/aromatic N) is 12. The van der Waals surface area contributed by atoms with Gasteiger partial charge in [0.25, 0.3) is 16.7 Å². The van der Waals surface area contributed by atoms with E-state index in [-0.39, 0.29) is 100 Å². The summed E-state index contributed by atoms with van der Waals surface area (Å²) in [4.78, 5) is 96.6. The molecule has 756 valence electrons. The van der Waals surface area contributed by atoms with Crippen molar-refractivity contribution in [1.82, 2.24) is 58.1 Å². The van der Waals surface area contributed by atoms with E-state index in [9.17, 15) is 82.1 Å². The molecule has 0 saturated carbocycles. The number of halogens is 12. The van der Waals surface area contributed by atoms with Crippen LogP contribution in [-0.2, 0) is 128 Å². The molecule has 0 saturated heterocycles. The molecule has 0 fully saturated rings. The summed E-state index contributed by atoms with van der Waals surface area (Å²) >= 11 is 2.27. The lowest BCUT2D eigenvalue weighted by atomic mass is 9.98. The average Bonchev–Trinajstić information content (AvgIpc) is 1.52. The Kier molecular flexibility index (Phi) is 21.3. The van der Waals surface area contributed by atoms with Gasteiger partial charge in [-0.1, -0.05) is 229 Å². The Morgan fingerprint density at radius 3 is 1.12 bits per heavy atom. The Bertz CT molecular complexity index is 9090. The first-order valence-corrected chi connectivity index (χ1v) is 46.0. The van der Waals surface area contributed by atoms with Crippen molar-refractivity contribution < 1.29 is 133 Å². The highest BCUT2D eigenvalue weighted by Gasteiger charge is 2.36. The molecule has 0 spiro atoms. The zero-order valence-corrected chi connectivity index (χ0v) is 79.4. The number of likely N-dealkylation sites (N-methyl/N-ethyl adjacent to an activating group) is 3. The van der Waals surface area contributed by atoms with Gasteiger partial charge in [0.1, 0.15) is 37.1 Å². The molecular formula is C110H118F12N12O6S3. The fourth-order valence-electron chi connectivity index (χ4n) is 14.1. The van der Waals surface area contributed by atoms with Crippen LogP contribution in [0.1, 0.15) is 217 Å². The van der Waals surface area contributed by atoms with Crippen molar-refractivity contribution in [2.45, 2.75) is 197 Å². The summed E-state index contributed by atoms with van der Waals surface area (Å²) in [6.45, 7) is -41.5. The summed E-state index contributed by atoms with van der Waals surface area (Å²) in [5.74, 6) is -10.1. The van der Waals surface area contributed by atoms with Gasteiger partial charge >= 0.3 is 18.5 Å². The molecule has 0 aliphatic heterocycles. The van der Waals surface area contributed by atoms with Gasteiger partial charge in [0.05, 0.1) is 51.0 Å². The van der Waals surface area contributed by atoms with Crippen LogP contribution in [0, 0.1) is 30.3 Å². The smallest absolute Gasteiger partial charge is 0.336 e. The molecule has 3 aromatic heterocycles. The van der Waals surface area contributed by atoms with Gasteiger partial charge in [-0.25, -0.2) is 13.2 Å². The van der Waals surface area contributed by atoms with E-state index in [2.05, 4.69) is 15.0 Å². The number of rotatable bonds is 39. The SMILES string of the molecule is [2H]c1c([2H])c(-c2c([2H])c([2H])c(C(F)(F)F)c(C)c2[2H])c([2H])c([2H])c1CN(C(=O)Cn1c(SCc2ccc(F)cc2)nc(=O)c2c1CCC2)C([2H])([2H])C([2H])([2H])N(C([2H])([2H])C)C([2H])([2H])C.[2H]c1c([2H])c(-c2c([2H])c([2H])c(C(F)(F)F)c([2H])c2[2H])c([2H])c([2H])c1CN(C(=O)Cn1c(SCc2ccc(F)cc2)nc(=O)c2c1C([2H])([2H])C([2H])(C)C2([2H])[2H])C([2H])([2H])C([2H])([2H])N(C([2H])([2H])C)C([2H])([2H])C.[2H]c1c([2H])c(CSc2nc(=O)c3c(n2CC(=O)N(Cc2ccc(-c4ccc(C(F)(F)F)cc4)cc2)C([2H])([2H])C([2H])([2H])N(C([2H])([2H])C)C([2H])([2H])C)CCC3)c([2H])c([2H])c1F. The summed E-state index contributed by atoms with van der Waals surface area (Å²) in [5, 5.41) is -0.824. The molecule has 0 N–H and O–H groups in total. The predicted octanol–water partition coefficient (Wildman–Crippen LogP) is 22.2. The largest absolute Gasteiger partial charge is 0.416 e. The normalized spacial score (nSPS) is 20.6. The zero-order chi connectivity index (χ0) is 145. The van der Waals surface area contributed by atoms with Crippen molar-refractivity contribution >= 4 is 53.0 Å².